The first-order chi connectivity index (χ1) is 17.5. The zero-order valence-corrected chi connectivity index (χ0v) is 23.1. The summed E-state index contributed by atoms with van der Waals surface area (Å²) >= 11 is 0. The van der Waals surface area contributed by atoms with Crippen LogP contribution in [0.5, 0.6) is 0 Å². The molecule has 2 aromatic carbocycles. The van der Waals surface area contributed by atoms with Crippen molar-refractivity contribution in [1.82, 2.24) is 14.7 Å². The van der Waals surface area contributed by atoms with E-state index in [0.29, 0.717) is 38.5 Å². The summed E-state index contributed by atoms with van der Waals surface area (Å²) in [6, 6.07) is 14.1. The van der Waals surface area contributed by atoms with Gasteiger partial charge >= 0.3 is 6.03 Å². The molecule has 202 valence electrons. The topological polar surface area (TPSA) is 55.9 Å². The van der Waals surface area contributed by atoms with Crippen molar-refractivity contribution in [2.75, 3.05) is 44.6 Å². The minimum Gasteiger partial charge on any atom is -0.337 e. The molecule has 0 spiro atoms. The Bertz CT molecular complexity index is 1030. The van der Waals surface area contributed by atoms with Gasteiger partial charge in [-0.25, -0.2) is 9.18 Å². The van der Waals surface area contributed by atoms with E-state index in [2.05, 4.69) is 37.9 Å². The van der Waals surface area contributed by atoms with Crippen molar-refractivity contribution < 1.29 is 14.0 Å². The second-order valence-electron chi connectivity index (χ2n) is 11.6. The summed E-state index contributed by atoms with van der Waals surface area (Å²) in [4.78, 5) is 32.0. The molecule has 1 aliphatic heterocycles. The van der Waals surface area contributed by atoms with Gasteiger partial charge in [0.25, 0.3) is 0 Å². The van der Waals surface area contributed by atoms with E-state index in [1.807, 2.05) is 41.0 Å². The molecular formula is C30H43FN4O2. The van der Waals surface area contributed by atoms with Crippen LogP contribution in [0.2, 0.25) is 0 Å². The van der Waals surface area contributed by atoms with Crippen LogP contribution in [0, 0.1) is 24.1 Å². The molecular weight excluding hydrogens is 467 g/mol. The van der Waals surface area contributed by atoms with Gasteiger partial charge in [-0.15, -0.1) is 0 Å². The van der Waals surface area contributed by atoms with E-state index in [0.717, 1.165) is 42.9 Å². The van der Waals surface area contributed by atoms with Crippen LogP contribution in [0.15, 0.2) is 48.5 Å². The second-order valence-corrected chi connectivity index (χ2v) is 11.6. The van der Waals surface area contributed by atoms with Crippen molar-refractivity contribution in [3.63, 3.8) is 0 Å². The van der Waals surface area contributed by atoms with Gasteiger partial charge in [-0.3, -0.25) is 9.69 Å². The summed E-state index contributed by atoms with van der Waals surface area (Å²) in [5, 5.41) is 2.99. The van der Waals surface area contributed by atoms with Gasteiger partial charge in [-0.2, -0.15) is 0 Å². The Labute approximate surface area is 221 Å². The average Bonchev–Trinajstić information content (AvgIpc) is 2.82. The smallest absolute Gasteiger partial charge is 0.321 e. The Morgan fingerprint density at radius 3 is 2.35 bits per heavy atom. The number of carbonyl (C=O) groups is 2. The van der Waals surface area contributed by atoms with Crippen molar-refractivity contribution in [2.45, 2.75) is 54.0 Å². The molecule has 1 heterocycles. The van der Waals surface area contributed by atoms with Gasteiger partial charge < -0.3 is 15.1 Å². The normalized spacial score (nSPS) is 15.4. The van der Waals surface area contributed by atoms with Crippen LogP contribution in [-0.2, 0) is 11.3 Å². The highest BCUT2D eigenvalue weighted by molar-refractivity contribution is 5.89. The number of amides is 3. The Balaban J connectivity index is 1.53. The second kappa shape index (κ2) is 13.0. The summed E-state index contributed by atoms with van der Waals surface area (Å²) in [5.74, 6) is 0.153. The highest BCUT2D eigenvalue weighted by Gasteiger charge is 2.24. The number of aryl methyl sites for hydroxylation is 1. The lowest BCUT2D eigenvalue weighted by molar-refractivity contribution is -0.133. The first-order valence-electron chi connectivity index (χ1n) is 13.4. The Hall–Kier alpha value is -2.93. The summed E-state index contributed by atoms with van der Waals surface area (Å²) in [7, 11) is 0. The van der Waals surface area contributed by atoms with Gasteiger partial charge in [0.2, 0.25) is 5.91 Å². The van der Waals surface area contributed by atoms with Crippen LogP contribution in [0.25, 0.3) is 0 Å². The third-order valence-electron chi connectivity index (χ3n) is 6.74. The minimum absolute atomic E-state index is 0.0776. The molecule has 0 aliphatic carbocycles. The van der Waals surface area contributed by atoms with Gasteiger partial charge in [0.1, 0.15) is 5.82 Å². The minimum atomic E-state index is -0.273. The summed E-state index contributed by atoms with van der Waals surface area (Å²) < 4.78 is 13.4. The molecule has 3 rings (SSSR count). The van der Waals surface area contributed by atoms with Crippen LogP contribution >= 0.6 is 0 Å². The Morgan fingerprint density at radius 1 is 1.05 bits per heavy atom. The average molecular weight is 511 g/mol. The van der Waals surface area contributed by atoms with Crippen molar-refractivity contribution in [3.8, 4) is 0 Å². The molecule has 7 heteroatoms. The van der Waals surface area contributed by atoms with Crippen LogP contribution in [0.4, 0.5) is 14.9 Å². The van der Waals surface area contributed by atoms with Gasteiger partial charge in [0.05, 0.1) is 0 Å². The summed E-state index contributed by atoms with van der Waals surface area (Å²) in [6.45, 7) is 15.4. The fourth-order valence-corrected chi connectivity index (χ4v) is 5.01. The lowest BCUT2D eigenvalue weighted by Gasteiger charge is -2.36. The third-order valence-corrected chi connectivity index (χ3v) is 6.74. The van der Waals surface area contributed by atoms with E-state index < -0.39 is 0 Å². The number of carbonyl (C=O) groups excluding carboxylic acids is 2. The van der Waals surface area contributed by atoms with E-state index in [-0.39, 0.29) is 23.2 Å². The maximum atomic E-state index is 13.4. The molecule has 37 heavy (non-hydrogen) atoms. The first kappa shape index (κ1) is 28.6. The lowest BCUT2D eigenvalue weighted by Crippen LogP contribution is -2.51. The number of nitrogens with one attached hydrogen (secondary N) is 1. The highest BCUT2D eigenvalue weighted by atomic mass is 19.1. The largest absolute Gasteiger partial charge is 0.337 e. The number of anilines is 1. The van der Waals surface area contributed by atoms with Gasteiger partial charge in [-0.05, 0) is 60.1 Å². The molecule has 1 N–H and O–H groups in total. The summed E-state index contributed by atoms with van der Waals surface area (Å²) in [6.07, 6.45) is 1.49. The SMILES string of the molecule is Cc1cccc(NC(=O)N2CCN(CCN(Cc3ccc(F)cc3)C(=O)CC(C)CC(C)(C)C)CC2)c1. The van der Waals surface area contributed by atoms with Crippen LogP contribution in [0.1, 0.15) is 51.7 Å². The van der Waals surface area contributed by atoms with E-state index in [1.54, 1.807) is 12.1 Å². The fourth-order valence-electron chi connectivity index (χ4n) is 5.01. The Kier molecular flexibility index (Phi) is 10.1. The quantitative estimate of drug-likeness (QED) is 0.466. The van der Waals surface area contributed by atoms with Gasteiger partial charge in [-0.1, -0.05) is 52.0 Å². The first-order valence-corrected chi connectivity index (χ1v) is 13.4. The van der Waals surface area contributed by atoms with E-state index in [1.165, 1.54) is 12.1 Å². The van der Waals surface area contributed by atoms with Crippen molar-refractivity contribution in [1.29, 1.82) is 0 Å². The lowest BCUT2D eigenvalue weighted by atomic mass is 9.84. The molecule has 0 radical (unpaired) electrons. The fraction of sp³-hybridized carbons (Fsp3) is 0.533. The van der Waals surface area contributed by atoms with Crippen LogP contribution < -0.4 is 5.32 Å². The summed E-state index contributed by atoms with van der Waals surface area (Å²) in [5.41, 5.74) is 3.02. The predicted octanol–water partition coefficient (Wildman–Crippen LogP) is 5.77. The number of hydrogen-bond acceptors (Lipinski definition) is 3. The number of rotatable bonds is 9. The molecule has 3 amide bonds. The molecule has 1 aliphatic rings. The van der Waals surface area contributed by atoms with Crippen LogP contribution in [0.3, 0.4) is 0 Å². The number of benzene rings is 2. The molecule has 0 saturated carbocycles. The van der Waals surface area contributed by atoms with Crippen molar-refractivity contribution >= 4 is 17.6 Å². The highest BCUT2D eigenvalue weighted by Crippen LogP contribution is 2.26. The standard InChI is InChI=1S/C30H43FN4O2/c1-23-7-6-8-27(19-23)32-29(37)34-16-13-33(14-17-34)15-18-35(22-25-9-11-26(31)12-10-25)28(36)20-24(2)21-30(3,4)5/h6-12,19,24H,13-18,20-22H2,1-5H3,(H,32,37). The molecule has 6 nitrogen and oxygen atoms in total. The van der Waals surface area contributed by atoms with Gasteiger partial charge in [0.15, 0.2) is 0 Å². The van der Waals surface area contributed by atoms with E-state index >= 15 is 0 Å². The maximum absolute atomic E-state index is 13.4. The molecule has 1 unspecified atom stereocenters. The number of nitrogens with zero attached hydrogens (tertiary/aromatic N) is 3. The molecule has 1 fully saturated rings. The Morgan fingerprint density at radius 2 is 1.73 bits per heavy atom. The third kappa shape index (κ3) is 9.80. The van der Waals surface area contributed by atoms with E-state index in [9.17, 15) is 14.0 Å². The monoisotopic (exact) mass is 510 g/mol. The van der Waals surface area contributed by atoms with Gasteiger partial charge in [0, 0.05) is 57.9 Å². The molecule has 0 bridgehead atoms. The predicted molar refractivity (Wildman–Crippen MR) is 148 cm³/mol. The molecule has 2 aromatic rings. The van der Waals surface area contributed by atoms with Crippen molar-refractivity contribution in [3.05, 3.63) is 65.5 Å². The molecule has 0 aromatic heterocycles. The van der Waals surface area contributed by atoms with Crippen molar-refractivity contribution in [2.24, 2.45) is 11.3 Å². The number of hydrogen-bond donors (Lipinski definition) is 1. The number of piperazine rings is 1. The molecule has 1 atom stereocenters. The van der Waals surface area contributed by atoms with E-state index in [4.69, 9.17) is 0 Å². The van der Waals surface area contributed by atoms with Crippen LogP contribution in [-0.4, -0.2) is 65.9 Å². The maximum Gasteiger partial charge on any atom is 0.321 e. The number of urea groups is 1. The number of halogens is 1. The zero-order valence-electron chi connectivity index (χ0n) is 23.1. The molecule has 1 saturated heterocycles. The zero-order chi connectivity index (χ0) is 27.0.